The standard InChI is InChI=1S/C24H22BrN3O4/c25-19-2-4-20(5-3-19)28-15-18(14-26-28)24(30)27-9-7-16(8-10-27)23(29)17-1-6-21-22(13-17)32-12-11-31-21/h1-6,13-16H,7-12H2. The third kappa shape index (κ3) is 4.14. The maximum absolute atomic E-state index is 13.0. The van der Waals surface area contributed by atoms with Gasteiger partial charge in [-0.2, -0.15) is 5.10 Å². The van der Waals surface area contributed by atoms with E-state index in [1.54, 1.807) is 40.2 Å². The highest BCUT2D eigenvalue weighted by Gasteiger charge is 2.29. The molecule has 0 radical (unpaired) electrons. The van der Waals surface area contributed by atoms with Crippen LogP contribution in [-0.4, -0.2) is 52.7 Å². The molecular formula is C24H22BrN3O4. The molecule has 164 valence electrons. The number of halogens is 1. The summed E-state index contributed by atoms with van der Waals surface area (Å²) >= 11 is 3.42. The van der Waals surface area contributed by atoms with E-state index in [0.717, 1.165) is 10.2 Å². The monoisotopic (exact) mass is 495 g/mol. The Morgan fingerprint density at radius 2 is 1.66 bits per heavy atom. The van der Waals surface area contributed by atoms with Crippen LogP contribution in [0.2, 0.25) is 0 Å². The highest BCUT2D eigenvalue weighted by Crippen LogP contribution is 2.32. The first-order valence-electron chi connectivity index (χ1n) is 10.6. The quantitative estimate of drug-likeness (QED) is 0.508. The van der Waals surface area contributed by atoms with Gasteiger partial charge in [-0.05, 0) is 55.3 Å². The molecule has 2 aliphatic heterocycles. The SMILES string of the molecule is O=C(c1ccc2c(c1)OCCO2)C1CCN(C(=O)c2cnn(-c3ccc(Br)cc3)c2)CC1. The summed E-state index contributed by atoms with van der Waals surface area (Å²) in [5.74, 6) is 1.23. The van der Waals surface area contributed by atoms with Crippen molar-refractivity contribution in [2.75, 3.05) is 26.3 Å². The number of amides is 1. The highest BCUT2D eigenvalue weighted by molar-refractivity contribution is 9.10. The molecule has 1 amide bonds. The number of Topliss-reactive ketones (excluding diaryl/α,β-unsaturated/α-hetero) is 1. The fourth-order valence-electron chi connectivity index (χ4n) is 4.13. The maximum atomic E-state index is 13.0. The Balaban J connectivity index is 1.21. The van der Waals surface area contributed by atoms with Gasteiger partial charge in [0.25, 0.3) is 5.91 Å². The van der Waals surface area contributed by atoms with Crippen LogP contribution in [0.25, 0.3) is 5.69 Å². The zero-order valence-corrected chi connectivity index (χ0v) is 19.0. The van der Waals surface area contributed by atoms with Crippen molar-refractivity contribution in [3.05, 3.63) is 70.5 Å². The van der Waals surface area contributed by atoms with E-state index < -0.39 is 0 Å². The molecule has 0 bridgehead atoms. The van der Waals surface area contributed by atoms with Gasteiger partial charge in [0.15, 0.2) is 17.3 Å². The predicted molar refractivity (Wildman–Crippen MR) is 122 cm³/mol. The van der Waals surface area contributed by atoms with Crippen LogP contribution in [0.3, 0.4) is 0 Å². The van der Waals surface area contributed by atoms with E-state index in [1.165, 1.54) is 0 Å². The van der Waals surface area contributed by atoms with Crippen LogP contribution in [0.5, 0.6) is 11.5 Å². The summed E-state index contributed by atoms with van der Waals surface area (Å²) < 4.78 is 13.8. The van der Waals surface area contributed by atoms with Crippen molar-refractivity contribution in [2.45, 2.75) is 12.8 Å². The molecule has 8 heteroatoms. The zero-order valence-electron chi connectivity index (χ0n) is 17.4. The Morgan fingerprint density at radius 1 is 0.938 bits per heavy atom. The predicted octanol–water partition coefficient (Wildman–Crippen LogP) is 4.14. The summed E-state index contributed by atoms with van der Waals surface area (Å²) in [5, 5.41) is 4.33. The van der Waals surface area contributed by atoms with Gasteiger partial charge in [-0.1, -0.05) is 15.9 Å². The van der Waals surface area contributed by atoms with Crippen LogP contribution in [0.15, 0.2) is 59.3 Å². The van der Waals surface area contributed by atoms with Crippen LogP contribution in [0.1, 0.15) is 33.6 Å². The Hall–Kier alpha value is -3.13. The fourth-order valence-corrected chi connectivity index (χ4v) is 4.39. The van der Waals surface area contributed by atoms with Crippen molar-refractivity contribution in [1.29, 1.82) is 0 Å². The van der Waals surface area contributed by atoms with Gasteiger partial charge < -0.3 is 14.4 Å². The van der Waals surface area contributed by atoms with Gasteiger partial charge >= 0.3 is 0 Å². The van der Waals surface area contributed by atoms with Gasteiger partial charge in [0.05, 0.1) is 17.4 Å². The zero-order chi connectivity index (χ0) is 22.1. The molecule has 32 heavy (non-hydrogen) atoms. The number of benzene rings is 2. The van der Waals surface area contributed by atoms with Crippen molar-refractivity contribution < 1.29 is 19.1 Å². The Morgan fingerprint density at radius 3 is 2.41 bits per heavy atom. The molecular weight excluding hydrogens is 474 g/mol. The molecule has 0 spiro atoms. The number of nitrogens with zero attached hydrogens (tertiary/aromatic N) is 3. The molecule has 0 atom stereocenters. The van der Waals surface area contributed by atoms with Gasteiger partial charge in [0.2, 0.25) is 0 Å². The number of hydrogen-bond donors (Lipinski definition) is 0. The topological polar surface area (TPSA) is 73.7 Å². The van der Waals surface area contributed by atoms with E-state index in [9.17, 15) is 9.59 Å². The first-order chi connectivity index (χ1) is 15.6. The molecule has 2 aromatic carbocycles. The molecule has 3 heterocycles. The van der Waals surface area contributed by atoms with Gasteiger partial charge in [-0.15, -0.1) is 0 Å². The molecule has 0 unspecified atom stereocenters. The van der Waals surface area contributed by atoms with E-state index in [-0.39, 0.29) is 17.6 Å². The molecule has 0 N–H and O–H groups in total. The third-order valence-corrected chi connectivity index (χ3v) is 6.43. The average molecular weight is 496 g/mol. The minimum atomic E-state index is -0.105. The van der Waals surface area contributed by atoms with Crippen LogP contribution < -0.4 is 9.47 Å². The normalized spacial score (nSPS) is 16.1. The average Bonchev–Trinajstić information content (AvgIpc) is 3.34. The number of fused-ring (bicyclic) bond motifs is 1. The van der Waals surface area contributed by atoms with Crippen molar-refractivity contribution >= 4 is 27.6 Å². The summed E-state index contributed by atoms with van der Waals surface area (Å²) in [6.45, 7) is 2.10. The number of carbonyl (C=O) groups excluding carboxylic acids is 2. The van der Waals surface area contributed by atoms with Gasteiger partial charge in [0.1, 0.15) is 13.2 Å². The smallest absolute Gasteiger partial charge is 0.257 e. The molecule has 5 rings (SSSR count). The van der Waals surface area contributed by atoms with E-state index in [4.69, 9.17) is 9.47 Å². The number of hydrogen-bond acceptors (Lipinski definition) is 5. The first-order valence-corrected chi connectivity index (χ1v) is 11.4. The largest absolute Gasteiger partial charge is 0.486 e. The number of piperidine rings is 1. The van der Waals surface area contributed by atoms with Gasteiger partial charge in [-0.25, -0.2) is 4.68 Å². The Bertz CT molecular complexity index is 1150. The van der Waals surface area contributed by atoms with Crippen LogP contribution >= 0.6 is 15.9 Å². The second-order valence-electron chi connectivity index (χ2n) is 7.94. The molecule has 3 aromatic rings. The molecule has 0 saturated carbocycles. The number of ketones is 1. The molecule has 0 aliphatic carbocycles. The lowest BCUT2D eigenvalue weighted by Crippen LogP contribution is -2.40. The number of rotatable bonds is 4. The number of carbonyl (C=O) groups is 2. The van der Waals surface area contributed by atoms with Crippen LogP contribution in [0, 0.1) is 5.92 Å². The summed E-state index contributed by atoms with van der Waals surface area (Å²) in [6.07, 6.45) is 4.62. The van der Waals surface area contributed by atoms with E-state index in [2.05, 4.69) is 21.0 Å². The second kappa shape index (κ2) is 8.78. The van der Waals surface area contributed by atoms with Crippen LogP contribution in [-0.2, 0) is 0 Å². The van der Waals surface area contributed by atoms with Crippen molar-refractivity contribution in [3.63, 3.8) is 0 Å². The summed E-state index contributed by atoms with van der Waals surface area (Å²) in [4.78, 5) is 27.8. The van der Waals surface area contributed by atoms with Gasteiger partial charge in [-0.3, -0.25) is 9.59 Å². The lowest BCUT2D eigenvalue weighted by molar-refractivity contribution is 0.0650. The van der Waals surface area contributed by atoms with Crippen molar-refractivity contribution in [2.24, 2.45) is 5.92 Å². The van der Waals surface area contributed by atoms with Crippen molar-refractivity contribution in [3.8, 4) is 17.2 Å². The number of likely N-dealkylation sites (tertiary alicyclic amines) is 1. The molecule has 7 nitrogen and oxygen atoms in total. The first kappa shape index (κ1) is 20.8. The minimum Gasteiger partial charge on any atom is -0.486 e. The fraction of sp³-hybridized carbons (Fsp3) is 0.292. The second-order valence-corrected chi connectivity index (χ2v) is 8.85. The van der Waals surface area contributed by atoms with E-state index >= 15 is 0 Å². The lowest BCUT2D eigenvalue weighted by Gasteiger charge is -2.31. The summed E-state index contributed by atoms with van der Waals surface area (Å²) in [7, 11) is 0. The molecule has 1 saturated heterocycles. The van der Waals surface area contributed by atoms with Crippen molar-refractivity contribution in [1.82, 2.24) is 14.7 Å². The molecule has 1 fully saturated rings. The van der Waals surface area contributed by atoms with E-state index in [1.807, 2.05) is 24.3 Å². The van der Waals surface area contributed by atoms with E-state index in [0.29, 0.717) is 61.8 Å². The molecule has 2 aliphatic rings. The van der Waals surface area contributed by atoms with Gasteiger partial charge in [0, 0.05) is 35.2 Å². The maximum Gasteiger partial charge on any atom is 0.257 e. The number of ether oxygens (including phenoxy) is 2. The van der Waals surface area contributed by atoms with Crippen LogP contribution in [0.4, 0.5) is 0 Å². The number of aromatic nitrogens is 2. The molecule has 1 aromatic heterocycles. The Labute approximate surface area is 194 Å². The third-order valence-electron chi connectivity index (χ3n) is 5.90. The lowest BCUT2D eigenvalue weighted by atomic mass is 9.88. The summed E-state index contributed by atoms with van der Waals surface area (Å²) in [6, 6.07) is 13.1. The summed E-state index contributed by atoms with van der Waals surface area (Å²) in [5.41, 5.74) is 2.07. The Kier molecular flexibility index (Phi) is 5.70. The highest BCUT2D eigenvalue weighted by atomic mass is 79.9. The minimum absolute atomic E-state index is 0.0569.